The number of carboxylic acid groups (broad SMARTS) is 1. The summed E-state index contributed by atoms with van der Waals surface area (Å²) in [6, 6.07) is 0.0603. The Hall–Kier alpha value is -1.80. The van der Waals surface area contributed by atoms with Gasteiger partial charge in [0.15, 0.2) is 0 Å². The summed E-state index contributed by atoms with van der Waals surface area (Å²) in [6.07, 6.45) is 9.68. The summed E-state index contributed by atoms with van der Waals surface area (Å²) in [7, 11) is 0. The maximum atomic E-state index is 12.1. The van der Waals surface area contributed by atoms with Crippen LogP contribution >= 0.6 is 0 Å². The molecule has 1 rings (SSSR count). The van der Waals surface area contributed by atoms with E-state index in [-0.39, 0.29) is 24.3 Å². The van der Waals surface area contributed by atoms with Crippen LogP contribution in [0.3, 0.4) is 0 Å². The van der Waals surface area contributed by atoms with E-state index in [1.165, 1.54) is 0 Å². The minimum Gasteiger partial charge on any atom is -0.481 e. The average Bonchev–Trinajstić information content (AvgIpc) is 2.95. The molecular weight excluding hydrogens is 330 g/mol. The van der Waals surface area contributed by atoms with Crippen LogP contribution in [0.4, 0.5) is 0 Å². The number of likely N-dealkylation sites (tertiary alicyclic amines) is 1. The lowest BCUT2D eigenvalue weighted by Gasteiger charge is -2.23. The molecule has 0 aromatic carbocycles. The van der Waals surface area contributed by atoms with Gasteiger partial charge in [0.25, 0.3) is 0 Å². The van der Waals surface area contributed by atoms with Gasteiger partial charge in [0.05, 0.1) is 12.1 Å². The highest BCUT2D eigenvalue weighted by Crippen LogP contribution is 2.21. The maximum Gasteiger partial charge on any atom is 0.303 e. The maximum absolute atomic E-state index is 12.1. The van der Waals surface area contributed by atoms with E-state index >= 15 is 0 Å². The van der Waals surface area contributed by atoms with E-state index in [9.17, 15) is 14.7 Å². The summed E-state index contributed by atoms with van der Waals surface area (Å²) < 4.78 is 0. The second kappa shape index (κ2) is 12.5. The Labute approximate surface area is 157 Å². The summed E-state index contributed by atoms with van der Waals surface area (Å²) in [5.74, 6) is 5.57. The lowest BCUT2D eigenvalue weighted by molar-refractivity contribution is -0.137. The molecule has 26 heavy (non-hydrogen) atoms. The van der Waals surface area contributed by atoms with Crippen LogP contribution in [0.15, 0.2) is 12.2 Å². The number of aliphatic hydroxyl groups excluding tert-OH is 1. The second-order valence-corrected chi connectivity index (χ2v) is 7.02. The number of nitrogens with zero attached hydrogens (tertiary/aromatic N) is 1. The quantitative estimate of drug-likeness (QED) is 0.335. The molecule has 0 saturated carbocycles. The van der Waals surface area contributed by atoms with Gasteiger partial charge in [0.2, 0.25) is 5.91 Å². The Bertz CT molecular complexity index is 532. The SMILES string of the molecule is CCC#CCC(C)[C@@H](O)/C=C/[C@H]1CCC(=O)N1CCCCCCC(=O)O. The number of rotatable bonds is 11. The van der Waals surface area contributed by atoms with Gasteiger partial charge in [-0.3, -0.25) is 9.59 Å². The number of aliphatic hydroxyl groups is 1. The number of hydrogen-bond acceptors (Lipinski definition) is 3. The third-order valence-corrected chi connectivity index (χ3v) is 4.75. The van der Waals surface area contributed by atoms with Crippen LogP contribution in [-0.4, -0.2) is 45.7 Å². The molecule has 1 amide bonds. The molecular formula is C21H33NO4. The molecule has 1 aliphatic rings. The van der Waals surface area contributed by atoms with E-state index in [2.05, 4.69) is 11.8 Å². The predicted octanol–water partition coefficient (Wildman–Crippen LogP) is 3.37. The lowest BCUT2D eigenvalue weighted by atomic mass is 10.00. The van der Waals surface area contributed by atoms with E-state index in [0.717, 1.165) is 32.1 Å². The summed E-state index contributed by atoms with van der Waals surface area (Å²) >= 11 is 0. The number of carboxylic acids is 1. The van der Waals surface area contributed by atoms with Gasteiger partial charge in [-0.2, -0.15) is 0 Å². The molecule has 3 atom stereocenters. The summed E-state index contributed by atoms with van der Waals surface area (Å²) in [4.78, 5) is 24.5. The molecule has 1 fully saturated rings. The van der Waals surface area contributed by atoms with Crippen LogP contribution in [0.25, 0.3) is 0 Å². The number of carbonyl (C=O) groups is 2. The minimum atomic E-state index is -0.751. The normalized spacial score (nSPS) is 19.4. The van der Waals surface area contributed by atoms with Crippen molar-refractivity contribution in [3.05, 3.63) is 12.2 Å². The van der Waals surface area contributed by atoms with Gasteiger partial charge in [0, 0.05) is 32.2 Å². The molecule has 0 aromatic heterocycles. The van der Waals surface area contributed by atoms with Gasteiger partial charge in [-0.25, -0.2) is 0 Å². The molecule has 0 bridgehead atoms. The van der Waals surface area contributed by atoms with E-state index in [1.807, 2.05) is 24.8 Å². The van der Waals surface area contributed by atoms with Crippen LogP contribution in [0.1, 0.15) is 71.6 Å². The lowest BCUT2D eigenvalue weighted by Crippen LogP contribution is -2.33. The fraction of sp³-hybridized carbons (Fsp3) is 0.714. The predicted molar refractivity (Wildman–Crippen MR) is 102 cm³/mol. The van der Waals surface area contributed by atoms with Crippen LogP contribution in [0, 0.1) is 17.8 Å². The van der Waals surface area contributed by atoms with Crippen molar-refractivity contribution in [2.45, 2.75) is 83.8 Å². The summed E-state index contributed by atoms with van der Waals surface area (Å²) in [6.45, 7) is 4.69. The Morgan fingerprint density at radius 2 is 2.04 bits per heavy atom. The fourth-order valence-electron chi connectivity index (χ4n) is 3.07. The Morgan fingerprint density at radius 3 is 2.73 bits per heavy atom. The highest BCUT2D eigenvalue weighted by atomic mass is 16.4. The largest absolute Gasteiger partial charge is 0.481 e. The van der Waals surface area contributed by atoms with Crippen LogP contribution < -0.4 is 0 Å². The topological polar surface area (TPSA) is 77.8 Å². The number of carbonyl (C=O) groups excluding carboxylic acids is 1. The van der Waals surface area contributed by atoms with Crippen molar-refractivity contribution in [2.75, 3.05) is 6.54 Å². The Kier molecular flexibility index (Phi) is 10.7. The first kappa shape index (κ1) is 22.2. The molecule has 0 aromatic rings. The third-order valence-electron chi connectivity index (χ3n) is 4.75. The molecule has 1 saturated heterocycles. The first-order chi connectivity index (χ1) is 12.5. The number of amides is 1. The van der Waals surface area contributed by atoms with Crippen molar-refractivity contribution >= 4 is 11.9 Å². The fourth-order valence-corrected chi connectivity index (χ4v) is 3.07. The first-order valence-corrected chi connectivity index (χ1v) is 9.79. The first-order valence-electron chi connectivity index (χ1n) is 9.79. The molecule has 5 nitrogen and oxygen atoms in total. The van der Waals surface area contributed by atoms with Crippen molar-refractivity contribution in [3.8, 4) is 11.8 Å². The molecule has 2 N–H and O–H groups in total. The van der Waals surface area contributed by atoms with Crippen molar-refractivity contribution in [1.29, 1.82) is 0 Å². The smallest absolute Gasteiger partial charge is 0.303 e. The second-order valence-electron chi connectivity index (χ2n) is 7.02. The molecule has 0 spiro atoms. The molecule has 0 aliphatic carbocycles. The van der Waals surface area contributed by atoms with Gasteiger partial charge < -0.3 is 15.1 Å². The van der Waals surface area contributed by atoms with Gasteiger partial charge in [0.1, 0.15) is 0 Å². The van der Waals surface area contributed by atoms with E-state index < -0.39 is 12.1 Å². The molecule has 1 heterocycles. The highest BCUT2D eigenvalue weighted by molar-refractivity contribution is 5.79. The Balaban J connectivity index is 2.39. The van der Waals surface area contributed by atoms with Crippen LogP contribution in [0.5, 0.6) is 0 Å². The molecule has 1 unspecified atom stereocenters. The number of unbranched alkanes of at least 4 members (excludes halogenated alkanes) is 3. The van der Waals surface area contributed by atoms with Crippen molar-refractivity contribution in [2.24, 2.45) is 5.92 Å². The monoisotopic (exact) mass is 363 g/mol. The summed E-state index contributed by atoms with van der Waals surface area (Å²) in [5, 5.41) is 18.9. The third kappa shape index (κ3) is 8.53. The standard InChI is InChI=1S/C21H33NO4/c1-3-4-7-10-17(2)19(23)14-12-18-13-15-20(24)22(18)16-9-6-5-8-11-21(25)26/h12,14,17-19,23H,3,5-6,8-11,13,15-16H2,1-2H3,(H,25,26)/b14-12+/t17?,18-,19-/m0/s1. The van der Waals surface area contributed by atoms with Crippen LogP contribution in [0.2, 0.25) is 0 Å². The Morgan fingerprint density at radius 1 is 1.31 bits per heavy atom. The average molecular weight is 363 g/mol. The number of hydrogen-bond donors (Lipinski definition) is 2. The van der Waals surface area contributed by atoms with Crippen molar-refractivity contribution < 1.29 is 19.8 Å². The zero-order chi connectivity index (χ0) is 19.4. The van der Waals surface area contributed by atoms with E-state index in [0.29, 0.717) is 25.8 Å². The molecule has 146 valence electrons. The zero-order valence-electron chi connectivity index (χ0n) is 16.1. The van der Waals surface area contributed by atoms with Gasteiger partial charge in [-0.1, -0.05) is 38.8 Å². The minimum absolute atomic E-state index is 0.0603. The van der Waals surface area contributed by atoms with Gasteiger partial charge in [-0.05, 0) is 25.2 Å². The van der Waals surface area contributed by atoms with E-state index in [4.69, 9.17) is 5.11 Å². The zero-order valence-corrected chi connectivity index (χ0v) is 16.1. The van der Waals surface area contributed by atoms with Gasteiger partial charge >= 0.3 is 5.97 Å². The highest BCUT2D eigenvalue weighted by Gasteiger charge is 2.28. The molecule has 5 heteroatoms. The van der Waals surface area contributed by atoms with Crippen molar-refractivity contribution in [3.63, 3.8) is 0 Å². The molecule has 1 aliphatic heterocycles. The molecule has 0 radical (unpaired) electrons. The summed E-state index contributed by atoms with van der Waals surface area (Å²) in [5.41, 5.74) is 0. The van der Waals surface area contributed by atoms with Crippen molar-refractivity contribution in [1.82, 2.24) is 4.90 Å². The number of aliphatic carboxylic acids is 1. The van der Waals surface area contributed by atoms with Crippen LogP contribution in [-0.2, 0) is 9.59 Å². The van der Waals surface area contributed by atoms with E-state index in [1.54, 1.807) is 6.08 Å². The van der Waals surface area contributed by atoms with Gasteiger partial charge in [-0.15, -0.1) is 11.8 Å².